The Balaban J connectivity index is 2.38. The Labute approximate surface area is 73.3 Å². The van der Waals surface area contributed by atoms with E-state index in [1.54, 1.807) is 0 Å². The van der Waals surface area contributed by atoms with Gasteiger partial charge in [0.2, 0.25) is 0 Å². The fraction of sp³-hybridized carbons (Fsp3) is 0.167. The van der Waals surface area contributed by atoms with E-state index in [4.69, 9.17) is 0 Å². The normalized spacial score (nSPS) is 26.0. The van der Waals surface area contributed by atoms with Crippen molar-refractivity contribution in [2.75, 3.05) is 0 Å². The maximum Gasteiger partial charge on any atom is -0.00260 e. The molecule has 2 bridgehead atoms. The summed E-state index contributed by atoms with van der Waals surface area (Å²) in [5.74, 6) is 0. The van der Waals surface area contributed by atoms with Gasteiger partial charge in [-0.05, 0) is 24.0 Å². The van der Waals surface area contributed by atoms with Crippen LogP contribution in [0.5, 0.6) is 0 Å². The topological polar surface area (TPSA) is 0 Å². The fourth-order valence-corrected chi connectivity index (χ4v) is 1.46. The molecule has 0 atom stereocenters. The van der Waals surface area contributed by atoms with Crippen LogP contribution in [-0.2, 0) is 0 Å². The van der Waals surface area contributed by atoms with Crippen LogP contribution in [0.1, 0.15) is 12.8 Å². The Morgan fingerprint density at radius 2 is 1.42 bits per heavy atom. The van der Waals surface area contributed by atoms with Gasteiger partial charge in [-0.1, -0.05) is 48.6 Å². The van der Waals surface area contributed by atoms with Crippen molar-refractivity contribution in [1.82, 2.24) is 0 Å². The first-order valence-electron chi connectivity index (χ1n) is 4.34. The molecule has 2 aliphatic rings. The summed E-state index contributed by atoms with van der Waals surface area (Å²) in [5, 5.41) is 0. The van der Waals surface area contributed by atoms with E-state index in [0.29, 0.717) is 0 Å². The van der Waals surface area contributed by atoms with E-state index >= 15 is 0 Å². The van der Waals surface area contributed by atoms with Crippen LogP contribution in [0, 0.1) is 0 Å². The quantitative estimate of drug-likeness (QED) is 0.504. The van der Waals surface area contributed by atoms with Gasteiger partial charge < -0.3 is 0 Å². The van der Waals surface area contributed by atoms with Crippen molar-refractivity contribution < 1.29 is 0 Å². The van der Waals surface area contributed by atoms with Crippen LogP contribution in [0.2, 0.25) is 0 Å². The van der Waals surface area contributed by atoms with Crippen molar-refractivity contribution >= 4 is 0 Å². The lowest BCUT2D eigenvalue weighted by Gasteiger charge is -2.03. The second-order valence-electron chi connectivity index (χ2n) is 3.09. The molecule has 2 rings (SSSR count). The number of hydrogen-bond acceptors (Lipinski definition) is 0. The average Bonchev–Trinajstić information content (AvgIpc) is 2.25. The number of hydrogen-bond donors (Lipinski definition) is 0. The molecule has 0 aromatic rings. The highest BCUT2D eigenvalue weighted by atomic mass is 14.0. The molecule has 0 fully saturated rings. The molecule has 0 spiro atoms. The van der Waals surface area contributed by atoms with Gasteiger partial charge in [0.1, 0.15) is 0 Å². The molecule has 0 heterocycles. The summed E-state index contributed by atoms with van der Waals surface area (Å²) in [6.07, 6.45) is 19.5. The van der Waals surface area contributed by atoms with Gasteiger partial charge >= 0.3 is 0 Å². The zero-order valence-electron chi connectivity index (χ0n) is 7.03. The molecule has 0 aliphatic heterocycles. The number of fused-ring (bicyclic) bond motifs is 2. The molecular formula is C12H12. The number of rotatable bonds is 0. The smallest absolute Gasteiger partial charge is 0.00260 e. The molecule has 60 valence electrons. The van der Waals surface area contributed by atoms with Gasteiger partial charge in [-0.2, -0.15) is 0 Å². The lowest BCUT2D eigenvalue weighted by atomic mass is 10.0. The van der Waals surface area contributed by atoms with Gasteiger partial charge in [-0.15, -0.1) is 0 Å². The third-order valence-corrected chi connectivity index (χ3v) is 2.08. The highest BCUT2D eigenvalue weighted by Crippen LogP contribution is 2.19. The first kappa shape index (κ1) is 7.35. The lowest BCUT2D eigenvalue weighted by molar-refractivity contribution is 1.18. The minimum atomic E-state index is 1.05. The van der Waals surface area contributed by atoms with E-state index in [0.717, 1.165) is 12.8 Å². The minimum Gasteiger partial charge on any atom is -0.0805 e. The van der Waals surface area contributed by atoms with Gasteiger partial charge in [0.05, 0.1) is 0 Å². The molecule has 0 N–H and O–H groups in total. The molecule has 0 aromatic heterocycles. The summed E-state index contributed by atoms with van der Waals surface area (Å²) >= 11 is 0. The molecule has 0 nitrogen and oxygen atoms in total. The van der Waals surface area contributed by atoms with E-state index in [9.17, 15) is 0 Å². The molecule has 0 saturated carbocycles. The molecule has 2 aliphatic carbocycles. The van der Waals surface area contributed by atoms with Gasteiger partial charge in [0, 0.05) is 0 Å². The fourth-order valence-electron chi connectivity index (χ4n) is 1.46. The zero-order valence-corrected chi connectivity index (χ0v) is 7.03. The molecular weight excluding hydrogens is 144 g/mol. The Morgan fingerprint density at radius 1 is 0.833 bits per heavy atom. The molecule has 0 radical (unpaired) electrons. The summed E-state index contributed by atoms with van der Waals surface area (Å²) in [6.45, 7) is 0. The first-order chi connectivity index (χ1) is 5.95. The summed E-state index contributed by atoms with van der Waals surface area (Å²) in [5.41, 5.74) is 2.80. The molecule has 0 aromatic carbocycles. The van der Waals surface area contributed by atoms with Gasteiger partial charge in [0.15, 0.2) is 0 Å². The van der Waals surface area contributed by atoms with Crippen molar-refractivity contribution in [2.24, 2.45) is 0 Å². The van der Waals surface area contributed by atoms with Crippen LogP contribution in [0.3, 0.4) is 0 Å². The maximum absolute atomic E-state index is 2.22. The molecule has 0 saturated heterocycles. The van der Waals surface area contributed by atoms with Crippen molar-refractivity contribution in [3.8, 4) is 0 Å². The van der Waals surface area contributed by atoms with Crippen molar-refractivity contribution in [2.45, 2.75) is 12.8 Å². The van der Waals surface area contributed by atoms with Crippen LogP contribution in [0.4, 0.5) is 0 Å². The molecule has 12 heavy (non-hydrogen) atoms. The predicted octanol–water partition coefficient (Wildman–Crippen LogP) is 3.32. The summed E-state index contributed by atoms with van der Waals surface area (Å²) < 4.78 is 0. The van der Waals surface area contributed by atoms with Crippen LogP contribution in [0.25, 0.3) is 0 Å². The van der Waals surface area contributed by atoms with E-state index < -0.39 is 0 Å². The van der Waals surface area contributed by atoms with E-state index in [1.807, 2.05) is 0 Å². The minimum absolute atomic E-state index is 1.05. The van der Waals surface area contributed by atoms with Crippen LogP contribution in [-0.4, -0.2) is 0 Å². The largest absolute Gasteiger partial charge is 0.0805 e. The van der Waals surface area contributed by atoms with Crippen molar-refractivity contribution in [3.63, 3.8) is 0 Å². The standard InChI is InChI=1S/C12H12/c1-2-6-11-8-4-5-9-12(10-11)7-3-1/h2-9H,1,10H2/b6-2-,7-3-. The lowest BCUT2D eigenvalue weighted by Crippen LogP contribution is -1.84. The predicted molar refractivity (Wildman–Crippen MR) is 52.8 cm³/mol. The zero-order chi connectivity index (χ0) is 8.23. The number of allylic oxidation sites excluding steroid dienone is 10. The maximum atomic E-state index is 2.22. The Morgan fingerprint density at radius 3 is 2.00 bits per heavy atom. The third-order valence-electron chi connectivity index (χ3n) is 2.08. The van der Waals surface area contributed by atoms with Gasteiger partial charge in [0.25, 0.3) is 0 Å². The summed E-state index contributed by atoms with van der Waals surface area (Å²) in [7, 11) is 0. The second kappa shape index (κ2) is 3.40. The van der Waals surface area contributed by atoms with Crippen LogP contribution < -0.4 is 0 Å². The van der Waals surface area contributed by atoms with Crippen molar-refractivity contribution in [1.29, 1.82) is 0 Å². The Kier molecular flexibility index (Phi) is 2.08. The summed E-state index contributed by atoms with van der Waals surface area (Å²) in [4.78, 5) is 0. The highest BCUT2D eigenvalue weighted by molar-refractivity contribution is 5.39. The van der Waals surface area contributed by atoms with Gasteiger partial charge in [-0.3, -0.25) is 0 Å². The monoisotopic (exact) mass is 156 g/mol. The van der Waals surface area contributed by atoms with Gasteiger partial charge in [-0.25, -0.2) is 0 Å². The Bertz CT molecular complexity index is 279. The first-order valence-corrected chi connectivity index (χ1v) is 4.34. The van der Waals surface area contributed by atoms with Crippen LogP contribution in [0.15, 0.2) is 59.8 Å². The summed E-state index contributed by atoms with van der Waals surface area (Å²) in [6, 6.07) is 0. The molecule has 0 unspecified atom stereocenters. The average molecular weight is 156 g/mol. The SMILES string of the molecule is C1=CC=C2/C=C\C/C=C\C(=C1)C2. The van der Waals surface area contributed by atoms with E-state index in [-0.39, 0.29) is 0 Å². The second-order valence-corrected chi connectivity index (χ2v) is 3.09. The molecule has 0 amide bonds. The van der Waals surface area contributed by atoms with E-state index in [2.05, 4.69) is 48.6 Å². The third kappa shape index (κ3) is 1.65. The van der Waals surface area contributed by atoms with E-state index in [1.165, 1.54) is 11.1 Å². The highest BCUT2D eigenvalue weighted by Gasteiger charge is 1.99. The Hall–Kier alpha value is -1.30. The van der Waals surface area contributed by atoms with Crippen LogP contribution >= 0.6 is 0 Å². The van der Waals surface area contributed by atoms with Crippen molar-refractivity contribution in [3.05, 3.63) is 59.8 Å². The molecule has 0 heteroatoms.